The minimum absolute atomic E-state index is 0.235. The van der Waals surface area contributed by atoms with E-state index in [0.29, 0.717) is 5.76 Å². The Bertz CT molecular complexity index is 664. The zero-order chi connectivity index (χ0) is 13.9. The molecule has 20 heavy (non-hydrogen) atoms. The van der Waals surface area contributed by atoms with Gasteiger partial charge in [0, 0.05) is 16.1 Å². The quantitative estimate of drug-likeness (QED) is 0.631. The van der Waals surface area contributed by atoms with E-state index in [1.807, 2.05) is 60.7 Å². The van der Waals surface area contributed by atoms with Crippen molar-refractivity contribution in [1.29, 1.82) is 0 Å². The van der Waals surface area contributed by atoms with Gasteiger partial charge in [0.15, 0.2) is 6.10 Å². The third kappa shape index (κ3) is 2.40. The second-order valence-corrected chi connectivity index (χ2v) is 4.63. The highest BCUT2D eigenvalue weighted by Crippen LogP contribution is 2.35. The number of rotatable bonds is 3. The van der Waals surface area contributed by atoms with Crippen LogP contribution in [0.4, 0.5) is 0 Å². The first-order chi connectivity index (χ1) is 9.74. The molecule has 100 valence electrons. The van der Waals surface area contributed by atoms with E-state index in [2.05, 4.69) is 0 Å². The molecule has 2 aromatic carbocycles. The van der Waals surface area contributed by atoms with Crippen LogP contribution in [-0.2, 0) is 4.74 Å². The van der Waals surface area contributed by atoms with Crippen LogP contribution in [0.5, 0.6) is 0 Å². The van der Waals surface area contributed by atoms with Crippen LogP contribution < -0.4 is 0 Å². The van der Waals surface area contributed by atoms with Gasteiger partial charge in [-0.15, -0.1) is 0 Å². The Kier molecular flexibility index (Phi) is 3.21. The van der Waals surface area contributed by atoms with Gasteiger partial charge in [-0.2, -0.15) is 0 Å². The number of ether oxygens (including phenoxy) is 1. The molecule has 1 aliphatic rings. The first kappa shape index (κ1) is 12.4. The van der Waals surface area contributed by atoms with E-state index < -0.39 is 6.10 Å². The van der Waals surface area contributed by atoms with Crippen LogP contribution in [0, 0.1) is 10.1 Å². The van der Waals surface area contributed by atoms with Crippen LogP contribution >= 0.6 is 0 Å². The Morgan fingerprint density at radius 3 is 2.50 bits per heavy atom. The Morgan fingerprint density at radius 1 is 1.05 bits per heavy atom. The molecule has 0 saturated carbocycles. The van der Waals surface area contributed by atoms with Gasteiger partial charge in [0.2, 0.25) is 6.54 Å². The van der Waals surface area contributed by atoms with Crippen LogP contribution in [0.15, 0.2) is 54.6 Å². The van der Waals surface area contributed by atoms with Crippen molar-refractivity contribution in [2.45, 2.75) is 6.10 Å². The van der Waals surface area contributed by atoms with Crippen molar-refractivity contribution < 1.29 is 9.66 Å². The standard InChI is InChI=1S/C16H13NO3/c18-17(19)11-16-14-9-5-4-8-13(14)10-15(20-16)12-6-2-1-3-7-12/h1-10,16H,11H2/t16-/m1/s1. The molecule has 0 aliphatic carbocycles. The molecule has 4 nitrogen and oxygen atoms in total. The van der Waals surface area contributed by atoms with E-state index in [1.54, 1.807) is 0 Å². The van der Waals surface area contributed by atoms with Crippen LogP contribution in [0.25, 0.3) is 11.8 Å². The van der Waals surface area contributed by atoms with Crippen LogP contribution in [-0.4, -0.2) is 11.5 Å². The van der Waals surface area contributed by atoms with Gasteiger partial charge in [0.1, 0.15) is 5.76 Å². The van der Waals surface area contributed by atoms with E-state index in [4.69, 9.17) is 4.74 Å². The van der Waals surface area contributed by atoms with Gasteiger partial charge in [0.25, 0.3) is 0 Å². The van der Waals surface area contributed by atoms with Crippen molar-refractivity contribution in [3.63, 3.8) is 0 Å². The fraction of sp³-hybridized carbons (Fsp3) is 0.125. The van der Waals surface area contributed by atoms with Crippen molar-refractivity contribution in [3.05, 3.63) is 81.4 Å². The predicted octanol–water partition coefficient (Wildman–Crippen LogP) is 3.53. The summed E-state index contributed by atoms with van der Waals surface area (Å²) in [5.41, 5.74) is 2.77. The van der Waals surface area contributed by atoms with Gasteiger partial charge in [0.05, 0.1) is 0 Å². The Hall–Kier alpha value is -2.62. The average molecular weight is 267 g/mol. The maximum absolute atomic E-state index is 10.8. The summed E-state index contributed by atoms with van der Waals surface area (Å²) in [5, 5.41) is 10.8. The van der Waals surface area contributed by atoms with E-state index in [-0.39, 0.29) is 11.5 Å². The highest BCUT2D eigenvalue weighted by Gasteiger charge is 2.27. The molecule has 0 radical (unpaired) electrons. The lowest BCUT2D eigenvalue weighted by molar-refractivity contribution is -0.491. The van der Waals surface area contributed by atoms with Gasteiger partial charge in [-0.05, 0) is 11.6 Å². The fourth-order valence-corrected chi connectivity index (χ4v) is 2.35. The van der Waals surface area contributed by atoms with Crippen molar-refractivity contribution in [2.75, 3.05) is 6.54 Å². The number of benzene rings is 2. The molecule has 2 aromatic rings. The highest BCUT2D eigenvalue weighted by atomic mass is 16.6. The van der Waals surface area contributed by atoms with E-state index >= 15 is 0 Å². The first-order valence-corrected chi connectivity index (χ1v) is 6.38. The number of nitro groups is 1. The van der Waals surface area contributed by atoms with Crippen LogP contribution in [0.3, 0.4) is 0 Å². The molecule has 3 rings (SSSR count). The number of nitrogens with zero attached hydrogens (tertiary/aromatic N) is 1. The summed E-state index contributed by atoms with van der Waals surface area (Å²) >= 11 is 0. The Morgan fingerprint density at radius 2 is 1.75 bits per heavy atom. The summed E-state index contributed by atoms with van der Waals surface area (Å²) in [5.74, 6) is 0.677. The van der Waals surface area contributed by atoms with Gasteiger partial charge in [-0.1, -0.05) is 54.6 Å². The molecular formula is C16H13NO3. The lowest BCUT2D eigenvalue weighted by Gasteiger charge is -2.24. The van der Waals surface area contributed by atoms with Gasteiger partial charge < -0.3 is 4.74 Å². The number of fused-ring (bicyclic) bond motifs is 1. The lowest BCUT2D eigenvalue weighted by atomic mass is 9.97. The molecule has 4 heteroatoms. The topological polar surface area (TPSA) is 52.4 Å². The van der Waals surface area contributed by atoms with E-state index in [1.165, 1.54) is 0 Å². The summed E-state index contributed by atoms with van der Waals surface area (Å²) < 4.78 is 5.83. The molecule has 0 aromatic heterocycles. The minimum atomic E-state index is -0.540. The Labute approximate surface area is 116 Å². The molecule has 0 fully saturated rings. The number of hydrogen-bond acceptors (Lipinski definition) is 3. The normalized spacial score (nSPS) is 16.8. The van der Waals surface area contributed by atoms with Crippen LogP contribution in [0.2, 0.25) is 0 Å². The van der Waals surface area contributed by atoms with Gasteiger partial charge in [-0.25, -0.2) is 0 Å². The van der Waals surface area contributed by atoms with Crippen molar-refractivity contribution >= 4 is 11.8 Å². The monoisotopic (exact) mass is 267 g/mol. The highest BCUT2D eigenvalue weighted by molar-refractivity contribution is 5.80. The summed E-state index contributed by atoms with van der Waals surface area (Å²) in [6.07, 6.45) is 1.39. The fourth-order valence-electron chi connectivity index (χ4n) is 2.35. The predicted molar refractivity (Wildman–Crippen MR) is 76.4 cm³/mol. The average Bonchev–Trinajstić information content (AvgIpc) is 2.47. The van der Waals surface area contributed by atoms with Crippen molar-refractivity contribution in [2.24, 2.45) is 0 Å². The molecule has 1 atom stereocenters. The zero-order valence-corrected chi connectivity index (χ0v) is 10.7. The Balaban J connectivity index is 2.03. The van der Waals surface area contributed by atoms with E-state index in [9.17, 15) is 10.1 Å². The maximum atomic E-state index is 10.8. The largest absolute Gasteiger partial charge is 0.478 e. The molecule has 0 spiro atoms. The third-order valence-corrected chi connectivity index (χ3v) is 3.27. The van der Waals surface area contributed by atoms with Gasteiger partial charge >= 0.3 is 0 Å². The number of hydrogen-bond donors (Lipinski definition) is 0. The SMILES string of the molecule is O=[N+]([O-])C[C@H]1OC(c2ccccc2)=Cc2ccccc21. The molecule has 1 aliphatic heterocycles. The molecule has 0 amide bonds. The molecule has 0 saturated heterocycles. The third-order valence-electron chi connectivity index (χ3n) is 3.27. The zero-order valence-electron chi connectivity index (χ0n) is 10.7. The maximum Gasteiger partial charge on any atom is 0.244 e. The molecular weight excluding hydrogens is 254 g/mol. The lowest BCUT2D eigenvalue weighted by Crippen LogP contribution is -2.18. The second-order valence-electron chi connectivity index (χ2n) is 4.63. The minimum Gasteiger partial charge on any atom is -0.478 e. The summed E-state index contributed by atoms with van der Waals surface area (Å²) in [6.45, 7) is -0.235. The van der Waals surface area contributed by atoms with Crippen molar-refractivity contribution in [3.8, 4) is 0 Å². The first-order valence-electron chi connectivity index (χ1n) is 6.38. The summed E-state index contributed by atoms with van der Waals surface area (Å²) in [4.78, 5) is 10.5. The second kappa shape index (κ2) is 5.17. The summed E-state index contributed by atoms with van der Waals surface area (Å²) in [6, 6.07) is 17.3. The van der Waals surface area contributed by atoms with Crippen molar-refractivity contribution in [1.82, 2.24) is 0 Å². The van der Waals surface area contributed by atoms with Gasteiger partial charge in [-0.3, -0.25) is 10.1 Å². The van der Waals surface area contributed by atoms with E-state index in [0.717, 1.165) is 16.7 Å². The molecule has 0 unspecified atom stereocenters. The molecule has 1 heterocycles. The van der Waals surface area contributed by atoms with Crippen LogP contribution in [0.1, 0.15) is 22.8 Å². The smallest absolute Gasteiger partial charge is 0.244 e. The summed E-state index contributed by atoms with van der Waals surface area (Å²) in [7, 11) is 0. The molecule has 0 bridgehead atoms. The molecule has 0 N–H and O–H groups in total.